The summed E-state index contributed by atoms with van der Waals surface area (Å²) in [5, 5.41) is 10.3. The summed E-state index contributed by atoms with van der Waals surface area (Å²) in [5.41, 5.74) is -1.44. The van der Waals surface area contributed by atoms with E-state index in [9.17, 15) is 4.39 Å². The predicted octanol–water partition coefficient (Wildman–Crippen LogP) is 2.50. The van der Waals surface area contributed by atoms with Crippen LogP contribution in [-0.2, 0) is 5.66 Å². The maximum atomic E-state index is 14.6. The van der Waals surface area contributed by atoms with Crippen molar-refractivity contribution in [2.75, 3.05) is 25.0 Å². The van der Waals surface area contributed by atoms with E-state index in [-0.39, 0.29) is 6.61 Å². The highest BCUT2D eigenvalue weighted by molar-refractivity contribution is 5.50. The summed E-state index contributed by atoms with van der Waals surface area (Å²) < 4.78 is 21.7. The number of nitrogens with zero attached hydrogens (tertiary/aromatic N) is 5. The molecule has 26 heavy (non-hydrogen) atoms. The van der Waals surface area contributed by atoms with E-state index >= 15 is 0 Å². The van der Waals surface area contributed by atoms with Gasteiger partial charge in [0.05, 0.1) is 18.1 Å². The average Bonchev–Trinajstić information content (AvgIpc) is 3.10. The number of nitrogens with one attached hydrogen (secondary N) is 2. The molecule has 138 valence electrons. The van der Waals surface area contributed by atoms with Gasteiger partial charge in [-0.3, -0.25) is 4.85 Å². The minimum absolute atomic E-state index is 0.0255. The number of anilines is 2. The second kappa shape index (κ2) is 7.25. The Labute approximate surface area is 151 Å². The molecular weight excluding hydrogens is 337 g/mol. The van der Waals surface area contributed by atoms with Crippen LogP contribution >= 0.6 is 0 Å². The topological polar surface area (TPSA) is 81.2 Å². The van der Waals surface area contributed by atoms with Crippen molar-refractivity contribution in [1.82, 2.24) is 25.1 Å². The van der Waals surface area contributed by atoms with Crippen molar-refractivity contribution in [3.8, 4) is 5.88 Å². The van der Waals surface area contributed by atoms with Crippen LogP contribution in [0.15, 0.2) is 24.7 Å². The summed E-state index contributed by atoms with van der Waals surface area (Å²) in [7, 11) is 0. The van der Waals surface area contributed by atoms with Gasteiger partial charge in [0, 0.05) is 26.1 Å². The zero-order chi connectivity index (χ0) is 18.6. The van der Waals surface area contributed by atoms with Gasteiger partial charge in [-0.15, -0.1) is 0 Å². The van der Waals surface area contributed by atoms with E-state index in [0.29, 0.717) is 43.4 Å². The van der Waals surface area contributed by atoms with E-state index < -0.39 is 11.3 Å². The summed E-state index contributed by atoms with van der Waals surface area (Å²) in [6, 6.07) is 1.60. The molecule has 0 saturated carbocycles. The molecule has 1 aliphatic heterocycles. The molecule has 3 rings (SSSR count). The highest BCUT2D eigenvalue weighted by Gasteiger charge is 2.32. The number of alkyl halides is 1. The third kappa shape index (κ3) is 4.26. The normalized spacial score (nSPS) is 16.7. The van der Waals surface area contributed by atoms with Crippen LogP contribution in [0.1, 0.15) is 26.7 Å². The first-order chi connectivity index (χ1) is 12.4. The largest absolute Gasteiger partial charge is 0.474 e. The fourth-order valence-corrected chi connectivity index (χ4v) is 2.57. The monoisotopic (exact) mass is 359 g/mol. The molecular formula is C17H22FN7O. The molecule has 9 heteroatoms. The Morgan fingerprint density at radius 1 is 1.46 bits per heavy atom. The molecule has 2 aromatic rings. The van der Waals surface area contributed by atoms with Crippen LogP contribution in [0.4, 0.5) is 16.0 Å². The van der Waals surface area contributed by atoms with Gasteiger partial charge in [-0.25, -0.2) is 15.9 Å². The van der Waals surface area contributed by atoms with Crippen molar-refractivity contribution in [3.63, 3.8) is 0 Å². The Kier molecular flexibility index (Phi) is 5.04. The second-order valence-corrected chi connectivity index (χ2v) is 6.81. The van der Waals surface area contributed by atoms with Gasteiger partial charge in [-0.2, -0.15) is 14.8 Å². The molecule has 2 N–H and O–H groups in total. The highest BCUT2D eigenvalue weighted by Crippen LogP contribution is 2.25. The molecule has 0 atom stereocenters. The first-order valence-corrected chi connectivity index (χ1v) is 8.47. The highest BCUT2D eigenvalue weighted by atomic mass is 19.1. The Bertz CT molecular complexity index is 792. The lowest BCUT2D eigenvalue weighted by molar-refractivity contribution is 0.0519. The summed E-state index contributed by atoms with van der Waals surface area (Å²) in [5.74, 6) is 0.632. The molecule has 8 nitrogen and oxygen atoms in total. The lowest BCUT2D eigenvalue weighted by atomic mass is 9.96. The third-order valence-electron chi connectivity index (χ3n) is 4.28. The van der Waals surface area contributed by atoms with Crippen molar-refractivity contribution in [2.45, 2.75) is 38.0 Å². The van der Waals surface area contributed by atoms with Gasteiger partial charge in [-0.05, 0) is 25.9 Å². The third-order valence-corrected chi connectivity index (χ3v) is 4.28. The summed E-state index contributed by atoms with van der Waals surface area (Å²) in [6.45, 7) is 12.0. The molecule has 0 amide bonds. The number of hydrogen-bond donors (Lipinski definition) is 2. The Morgan fingerprint density at radius 2 is 2.23 bits per heavy atom. The molecule has 0 radical (unpaired) electrons. The van der Waals surface area contributed by atoms with Crippen molar-refractivity contribution in [2.24, 2.45) is 0 Å². The number of piperidine rings is 1. The second-order valence-electron chi connectivity index (χ2n) is 6.81. The van der Waals surface area contributed by atoms with Gasteiger partial charge in [0.15, 0.2) is 0 Å². The summed E-state index contributed by atoms with van der Waals surface area (Å²) in [4.78, 5) is 11.9. The zero-order valence-corrected chi connectivity index (χ0v) is 14.9. The summed E-state index contributed by atoms with van der Waals surface area (Å²) >= 11 is 0. The van der Waals surface area contributed by atoms with Crippen molar-refractivity contribution < 1.29 is 9.13 Å². The van der Waals surface area contributed by atoms with Gasteiger partial charge in [0.1, 0.15) is 12.3 Å². The van der Waals surface area contributed by atoms with E-state index in [0.717, 1.165) is 0 Å². The van der Waals surface area contributed by atoms with E-state index in [4.69, 9.17) is 11.3 Å². The molecule has 2 aromatic heterocycles. The molecule has 1 saturated heterocycles. The van der Waals surface area contributed by atoms with Gasteiger partial charge in [0.25, 0.3) is 0 Å². The maximum Gasteiger partial charge on any atom is 0.319 e. The zero-order valence-electron chi connectivity index (χ0n) is 14.9. The van der Waals surface area contributed by atoms with Gasteiger partial charge < -0.3 is 15.4 Å². The van der Waals surface area contributed by atoms with E-state index in [1.54, 1.807) is 43.2 Å². The SMILES string of the molecule is [C-]#[N+]C(C)(C)n1cc(Nc2nccc(OCC3(F)CCNCC3)n2)cn1. The Balaban J connectivity index is 1.63. The van der Waals surface area contributed by atoms with Crippen LogP contribution in [0.25, 0.3) is 4.85 Å². The van der Waals surface area contributed by atoms with E-state index in [1.165, 1.54) is 0 Å². The minimum atomic E-state index is -1.32. The van der Waals surface area contributed by atoms with Crippen LogP contribution < -0.4 is 15.4 Å². The van der Waals surface area contributed by atoms with Crippen LogP contribution in [0.5, 0.6) is 5.88 Å². The molecule has 0 unspecified atom stereocenters. The first kappa shape index (κ1) is 18.1. The molecule has 0 bridgehead atoms. The Morgan fingerprint density at radius 3 is 2.96 bits per heavy atom. The van der Waals surface area contributed by atoms with Crippen molar-refractivity contribution in [1.29, 1.82) is 0 Å². The van der Waals surface area contributed by atoms with Crippen LogP contribution in [0, 0.1) is 6.57 Å². The molecule has 1 aliphatic rings. The molecule has 1 fully saturated rings. The molecule has 0 spiro atoms. The van der Waals surface area contributed by atoms with Gasteiger partial charge >= 0.3 is 5.66 Å². The number of rotatable bonds is 6. The fraction of sp³-hybridized carbons (Fsp3) is 0.529. The van der Waals surface area contributed by atoms with E-state index in [1.807, 2.05) is 0 Å². The number of halogens is 1. The van der Waals surface area contributed by atoms with Crippen LogP contribution in [-0.4, -0.2) is 45.1 Å². The number of aromatic nitrogens is 4. The van der Waals surface area contributed by atoms with Crippen LogP contribution in [0.2, 0.25) is 0 Å². The maximum absolute atomic E-state index is 14.6. The predicted molar refractivity (Wildman–Crippen MR) is 94.9 cm³/mol. The standard InChI is InChI=1S/C17H22FN7O/c1-16(2,19-3)25-11-13(10-22-25)23-15-21-7-4-14(24-15)26-12-17(18)5-8-20-9-6-17/h4,7,10-11,20H,5-6,8-9,12H2,1-2H3,(H,21,23,24). The van der Waals surface area contributed by atoms with Crippen molar-refractivity contribution in [3.05, 3.63) is 36.1 Å². The molecule has 0 aliphatic carbocycles. The lowest BCUT2D eigenvalue weighted by Gasteiger charge is -2.29. The fourth-order valence-electron chi connectivity index (χ4n) is 2.57. The number of ether oxygens (including phenoxy) is 1. The molecule has 3 heterocycles. The number of hydrogen-bond acceptors (Lipinski definition) is 6. The first-order valence-electron chi connectivity index (χ1n) is 8.47. The molecule has 0 aromatic carbocycles. The summed E-state index contributed by atoms with van der Waals surface area (Å²) in [6.07, 6.45) is 5.71. The minimum Gasteiger partial charge on any atom is -0.474 e. The van der Waals surface area contributed by atoms with Gasteiger partial charge in [-0.1, -0.05) is 0 Å². The van der Waals surface area contributed by atoms with Gasteiger partial charge in [0.2, 0.25) is 11.8 Å². The lowest BCUT2D eigenvalue weighted by Crippen LogP contribution is -2.42. The quantitative estimate of drug-likeness (QED) is 0.772. The Hall–Kier alpha value is -2.73. The van der Waals surface area contributed by atoms with E-state index in [2.05, 4.69) is 30.5 Å². The average molecular weight is 359 g/mol. The van der Waals surface area contributed by atoms with Crippen molar-refractivity contribution >= 4 is 11.6 Å². The van der Waals surface area contributed by atoms with Crippen LogP contribution in [0.3, 0.4) is 0 Å². The smallest absolute Gasteiger partial charge is 0.319 e.